The molecule has 0 saturated heterocycles. The molecule has 2 N–H and O–H groups in total. The molecule has 0 unspecified atom stereocenters. The quantitative estimate of drug-likeness (QED) is 0.839. The normalized spacial score (nSPS) is 26.4. The van der Waals surface area contributed by atoms with Crippen LogP contribution in [-0.2, 0) is 17.9 Å². The molecule has 0 radical (unpaired) electrons. The van der Waals surface area contributed by atoms with Crippen molar-refractivity contribution in [3.8, 4) is 0 Å². The first-order chi connectivity index (χ1) is 10.1. The molecule has 1 aliphatic carbocycles. The third-order valence-corrected chi connectivity index (χ3v) is 4.71. The van der Waals surface area contributed by atoms with Gasteiger partial charge in [-0.3, -0.25) is 0 Å². The van der Waals surface area contributed by atoms with Crippen molar-refractivity contribution in [2.75, 3.05) is 6.54 Å². The molecule has 5 nitrogen and oxygen atoms in total. The number of hydrogen-bond donors (Lipinski definition) is 1. The first-order valence-electron chi connectivity index (χ1n) is 8.29. The van der Waals surface area contributed by atoms with E-state index in [0.29, 0.717) is 19.1 Å². The van der Waals surface area contributed by atoms with Crippen LogP contribution in [0.2, 0.25) is 0 Å². The van der Waals surface area contributed by atoms with Crippen LogP contribution in [0.3, 0.4) is 0 Å². The van der Waals surface area contributed by atoms with Crippen LogP contribution in [0, 0.1) is 11.8 Å². The fraction of sp³-hybridized carbons (Fsp3) is 0.875. The van der Waals surface area contributed by atoms with Crippen molar-refractivity contribution in [2.24, 2.45) is 17.6 Å². The highest BCUT2D eigenvalue weighted by Gasteiger charge is 2.34. The Morgan fingerprint density at radius 1 is 1.43 bits per heavy atom. The molecule has 0 atom stereocenters. The van der Waals surface area contributed by atoms with Crippen LogP contribution in [0.25, 0.3) is 0 Å². The maximum atomic E-state index is 6.23. The molecule has 5 heteroatoms. The van der Waals surface area contributed by atoms with Crippen LogP contribution in [0.15, 0.2) is 6.33 Å². The molecule has 1 aliphatic rings. The van der Waals surface area contributed by atoms with E-state index in [1.54, 1.807) is 6.33 Å². The lowest BCUT2D eigenvalue weighted by Gasteiger charge is -2.39. The number of hydrogen-bond acceptors (Lipinski definition) is 4. The van der Waals surface area contributed by atoms with Gasteiger partial charge >= 0.3 is 0 Å². The van der Waals surface area contributed by atoms with Crippen molar-refractivity contribution in [3.05, 3.63) is 12.2 Å². The molecule has 0 aromatic carbocycles. The number of aromatic nitrogens is 3. The van der Waals surface area contributed by atoms with Crippen molar-refractivity contribution in [3.63, 3.8) is 0 Å². The Labute approximate surface area is 128 Å². The Kier molecular flexibility index (Phi) is 5.76. The van der Waals surface area contributed by atoms with Gasteiger partial charge in [0.15, 0.2) is 5.82 Å². The Morgan fingerprint density at radius 2 is 2.14 bits per heavy atom. The molecular formula is C16H30N4O. The summed E-state index contributed by atoms with van der Waals surface area (Å²) in [5.74, 6) is 2.31. The molecule has 1 fully saturated rings. The summed E-state index contributed by atoms with van der Waals surface area (Å²) in [6, 6.07) is 0. The van der Waals surface area contributed by atoms with E-state index in [9.17, 15) is 0 Å². The second-order valence-electron chi connectivity index (χ2n) is 6.78. The van der Waals surface area contributed by atoms with Crippen LogP contribution in [0.1, 0.15) is 58.7 Å². The summed E-state index contributed by atoms with van der Waals surface area (Å²) in [4.78, 5) is 4.34. The van der Waals surface area contributed by atoms with Crippen molar-refractivity contribution < 1.29 is 4.74 Å². The van der Waals surface area contributed by atoms with Gasteiger partial charge in [-0.2, -0.15) is 5.10 Å². The highest BCUT2D eigenvalue weighted by Crippen LogP contribution is 2.36. The van der Waals surface area contributed by atoms with Gasteiger partial charge in [-0.25, -0.2) is 9.67 Å². The van der Waals surface area contributed by atoms with E-state index >= 15 is 0 Å². The Balaban J connectivity index is 1.93. The molecule has 0 aliphatic heterocycles. The average molecular weight is 294 g/mol. The van der Waals surface area contributed by atoms with E-state index in [1.807, 2.05) is 4.68 Å². The molecular weight excluding hydrogens is 264 g/mol. The van der Waals surface area contributed by atoms with Gasteiger partial charge in [-0.15, -0.1) is 0 Å². The maximum absolute atomic E-state index is 6.23. The van der Waals surface area contributed by atoms with Crippen molar-refractivity contribution >= 4 is 0 Å². The van der Waals surface area contributed by atoms with E-state index < -0.39 is 0 Å². The zero-order chi connectivity index (χ0) is 15.3. The fourth-order valence-electron chi connectivity index (χ4n) is 3.14. The topological polar surface area (TPSA) is 66.0 Å². The zero-order valence-electron chi connectivity index (χ0n) is 13.7. The zero-order valence-corrected chi connectivity index (χ0v) is 13.7. The average Bonchev–Trinajstić information content (AvgIpc) is 2.92. The third-order valence-electron chi connectivity index (χ3n) is 4.71. The van der Waals surface area contributed by atoms with Crippen molar-refractivity contribution in [2.45, 2.75) is 71.6 Å². The van der Waals surface area contributed by atoms with Crippen molar-refractivity contribution in [1.82, 2.24) is 14.8 Å². The van der Waals surface area contributed by atoms with Gasteiger partial charge in [0.1, 0.15) is 12.9 Å². The van der Waals surface area contributed by atoms with Gasteiger partial charge in [0.25, 0.3) is 0 Å². The molecule has 0 amide bonds. The molecule has 1 saturated carbocycles. The minimum Gasteiger partial charge on any atom is -0.366 e. The third kappa shape index (κ3) is 4.27. The molecule has 0 spiro atoms. The van der Waals surface area contributed by atoms with E-state index in [-0.39, 0.29) is 5.60 Å². The Hall–Kier alpha value is -0.940. The van der Waals surface area contributed by atoms with Crippen LogP contribution in [0.4, 0.5) is 0 Å². The molecule has 1 aromatic heterocycles. The summed E-state index contributed by atoms with van der Waals surface area (Å²) in [7, 11) is 0. The second-order valence-corrected chi connectivity index (χ2v) is 6.78. The standard InChI is InChI=1S/C16H30N4O/c1-4-14-5-7-16(11-17,8-6-14)21-10-15-18-12-19-20(15)9-13(2)3/h12-14H,4-11,17H2,1-3H3. The molecule has 120 valence electrons. The van der Waals surface area contributed by atoms with Crippen LogP contribution < -0.4 is 5.73 Å². The Morgan fingerprint density at radius 3 is 2.71 bits per heavy atom. The van der Waals surface area contributed by atoms with Crippen LogP contribution in [0.5, 0.6) is 0 Å². The monoisotopic (exact) mass is 294 g/mol. The minimum atomic E-state index is -0.152. The maximum Gasteiger partial charge on any atom is 0.152 e. The lowest BCUT2D eigenvalue weighted by molar-refractivity contribution is -0.0844. The van der Waals surface area contributed by atoms with E-state index in [4.69, 9.17) is 10.5 Å². The molecule has 1 aromatic rings. The largest absolute Gasteiger partial charge is 0.366 e. The highest BCUT2D eigenvalue weighted by atomic mass is 16.5. The van der Waals surface area contributed by atoms with Gasteiger partial charge in [-0.05, 0) is 37.5 Å². The molecule has 2 rings (SSSR count). The van der Waals surface area contributed by atoms with Gasteiger partial charge < -0.3 is 10.5 Å². The summed E-state index contributed by atoms with van der Waals surface area (Å²) in [6.45, 7) is 8.63. The molecule has 0 bridgehead atoms. The summed E-state index contributed by atoms with van der Waals surface area (Å²) < 4.78 is 8.18. The van der Waals surface area contributed by atoms with Crippen LogP contribution in [-0.4, -0.2) is 26.9 Å². The second kappa shape index (κ2) is 7.36. The highest BCUT2D eigenvalue weighted by molar-refractivity contribution is 4.90. The minimum absolute atomic E-state index is 0.152. The predicted octanol–water partition coefficient (Wildman–Crippen LogP) is 2.75. The summed E-state index contributed by atoms with van der Waals surface area (Å²) in [5, 5.41) is 4.29. The number of rotatable bonds is 7. The molecule has 21 heavy (non-hydrogen) atoms. The van der Waals surface area contributed by atoms with Gasteiger partial charge in [0.05, 0.1) is 5.60 Å². The van der Waals surface area contributed by atoms with Gasteiger partial charge in [0, 0.05) is 13.1 Å². The first-order valence-corrected chi connectivity index (χ1v) is 8.29. The molecule has 1 heterocycles. The SMILES string of the molecule is CCC1CCC(CN)(OCc2ncnn2CC(C)C)CC1. The van der Waals surface area contributed by atoms with Gasteiger partial charge in [-0.1, -0.05) is 27.2 Å². The van der Waals surface area contributed by atoms with E-state index in [1.165, 1.54) is 19.3 Å². The number of ether oxygens (including phenoxy) is 1. The van der Waals surface area contributed by atoms with E-state index in [0.717, 1.165) is 31.1 Å². The van der Waals surface area contributed by atoms with Crippen molar-refractivity contribution in [1.29, 1.82) is 0 Å². The smallest absolute Gasteiger partial charge is 0.152 e. The first kappa shape index (κ1) is 16.4. The van der Waals surface area contributed by atoms with E-state index in [2.05, 4.69) is 30.9 Å². The predicted molar refractivity (Wildman–Crippen MR) is 83.7 cm³/mol. The number of nitrogens with zero attached hydrogens (tertiary/aromatic N) is 3. The summed E-state index contributed by atoms with van der Waals surface area (Å²) in [5.41, 5.74) is 5.86. The lowest BCUT2D eigenvalue weighted by Crippen LogP contribution is -2.44. The summed E-state index contributed by atoms with van der Waals surface area (Å²) in [6.07, 6.45) is 7.48. The Bertz CT molecular complexity index is 422. The van der Waals surface area contributed by atoms with Crippen LogP contribution >= 0.6 is 0 Å². The summed E-state index contributed by atoms with van der Waals surface area (Å²) >= 11 is 0. The lowest BCUT2D eigenvalue weighted by atomic mass is 9.77. The van der Waals surface area contributed by atoms with Gasteiger partial charge in [0.2, 0.25) is 0 Å². The fourth-order valence-corrected chi connectivity index (χ4v) is 3.14. The number of nitrogens with two attached hydrogens (primary N) is 1.